The van der Waals surface area contributed by atoms with E-state index in [0.29, 0.717) is 0 Å². The van der Waals surface area contributed by atoms with Crippen molar-refractivity contribution in [2.75, 3.05) is 0 Å². The third kappa shape index (κ3) is 5.62. The molecule has 0 amide bonds. The van der Waals surface area contributed by atoms with Gasteiger partial charge in [-0.15, -0.1) is 0 Å². The number of rotatable bonds is 1. The van der Waals surface area contributed by atoms with Crippen LogP contribution in [0.3, 0.4) is 0 Å². The Labute approximate surface area is 61.1 Å². The molecule has 0 radical (unpaired) electrons. The number of esters is 1. The lowest BCUT2D eigenvalue weighted by Gasteiger charge is -2.08. The normalized spacial score (nSPS) is 13.2. The van der Waals surface area contributed by atoms with Gasteiger partial charge in [-0.1, -0.05) is 0 Å². The summed E-state index contributed by atoms with van der Waals surface area (Å²) < 4.78 is 37.5. The molecule has 0 spiro atoms. The summed E-state index contributed by atoms with van der Waals surface area (Å²) in [6, 6.07) is 0. The number of carbonyl (C=O) groups is 1. The minimum absolute atomic E-state index is 0. The molecule has 1 unspecified atom stereocenters. The summed E-state index contributed by atoms with van der Waals surface area (Å²) >= 11 is 0. The van der Waals surface area contributed by atoms with E-state index in [2.05, 4.69) is 4.74 Å². The standard InChI is InChI=1S/C4H6F3NO2.H3N/c1-2(8)10-3(9)4(5,6)7;/h2H,8H2,1H3;1H3. The monoisotopic (exact) mass is 174 g/mol. The Kier molecular flexibility index (Phi) is 4.83. The fourth-order valence-electron chi connectivity index (χ4n) is 0.236. The van der Waals surface area contributed by atoms with Crippen molar-refractivity contribution < 1.29 is 22.7 Å². The largest absolute Gasteiger partial charge is 0.490 e. The number of halogens is 3. The lowest BCUT2D eigenvalue weighted by molar-refractivity contribution is -0.203. The van der Waals surface area contributed by atoms with Crippen LogP contribution in [0, 0.1) is 0 Å². The Morgan fingerprint density at radius 3 is 2.00 bits per heavy atom. The third-order valence-corrected chi connectivity index (χ3v) is 0.524. The molecule has 5 N–H and O–H groups in total. The molecule has 0 aliphatic carbocycles. The highest BCUT2D eigenvalue weighted by molar-refractivity contribution is 5.75. The maximum Gasteiger partial charge on any atom is 0.490 e. The topological polar surface area (TPSA) is 87.3 Å². The van der Waals surface area contributed by atoms with Gasteiger partial charge in [-0.2, -0.15) is 13.2 Å². The van der Waals surface area contributed by atoms with Crippen LogP contribution in [-0.4, -0.2) is 18.4 Å². The lowest BCUT2D eigenvalue weighted by atomic mass is 10.6. The van der Waals surface area contributed by atoms with Gasteiger partial charge in [0.1, 0.15) is 6.23 Å². The first-order valence-corrected chi connectivity index (χ1v) is 2.37. The van der Waals surface area contributed by atoms with Crippen molar-refractivity contribution in [2.45, 2.75) is 19.3 Å². The Balaban J connectivity index is 0. The number of hydrogen-bond donors (Lipinski definition) is 2. The van der Waals surface area contributed by atoms with Gasteiger partial charge >= 0.3 is 12.1 Å². The van der Waals surface area contributed by atoms with Gasteiger partial charge in [0, 0.05) is 0 Å². The molecule has 0 aliphatic rings. The first-order chi connectivity index (χ1) is 4.34. The van der Waals surface area contributed by atoms with Crippen molar-refractivity contribution in [3.63, 3.8) is 0 Å². The minimum atomic E-state index is -4.95. The van der Waals surface area contributed by atoms with E-state index in [0.717, 1.165) is 6.92 Å². The zero-order chi connectivity index (χ0) is 8.36. The van der Waals surface area contributed by atoms with Crippen LogP contribution in [0.1, 0.15) is 6.92 Å². The predicted octanol–water partition coefficient (Wildman–Crippen LogP) is 0.559. The van der Waals surface area contributed by atoms with Crippen molar-refractivity contribution in [1.82, 2.24) is 6.15 Å². The average molecular weight is 174 g/mol. The Morgan fingerprint density at radius 1 is 1.55 bits per heavy atom. The molecule has 0 aromatic carbocycles. The maximum absolute atomic E-state index is 11.3. The molecule has 7 heteroatoms. The molecule has 0 fully saturated rings. The van der Waals surface area contributed by atoms with Crippen LogP contribution in [0.25, 0.3) is 0 Å². The van der Waals surface area contributed by atoms with Crippen LogP contribution in [-0.2, 0) is 9.53 Å². The summed E-state index contributed by atoms with van der Waals surface area (Å²) in [4.78, 5) is 9.85. The molecule has 4 nitrogen and oxygen atoms in total. The van der Waals surface area contributed by atoms with Gasteiger partial charge in [0.2, 0.25) is 0 Å². The third-order valence-electron chi connectivity index (χ3n) is 0.524. The van der Waals surface area contributed by atoms with Gasteiger partial charge in [-0.3, -0.25) is 5.73 Å². The number of carbonyl (C=O) groups excluding carboxylic acids is 1. The highest BCUT2D eigenvalue weighted by Crippen LogP contribution is 2.16. The fourth-order valence-corrected chi connectivity index (χ4v) is 0.236. The quantitative estimate of drug-likeness (QED) is 0.449. The number of alkyl halides is 3. The first-order valence-electron chi connectivity index (χ1n) is 2.37. The number of hydrogen-bond acceptors (Lipinski definition) is 4. The van der Waals surface area contributed by atoms with Gasteiger partial charge in [0.05, 0.1) is 0 Å². The zero-order valence-corrected chi connectivity index (χ0v) is 5.81. The molecule has 68 valence electrons. The summed E-state index contributed by atoms with van der Waals surface area (Å²) in [5.74, 6) is -2.26. The van der Waals surface area contributed by atoms with Gasteiger partial charge < -0.3 is 10.9 Å². The van der Waals surface area contributed by atoms with Gasteiger partial charge in [0.25, 0.3) is 0 Å². The predicted molar refractivity (Wildman–Crippen MR) is 30.8 cm³/mol. The minimum Gasteiger partial charge on any atom is -0.440 e. The summed E-state index contributed by atoms with van der Waals surface area (Å²) in [7, 11) is 0. The van der Waals surface area contributed by atoms with Crippen molar-refractivity contribution >= 4 is 5.97 Å². The average Bonchev–Trinajstić information content (AvgIpc) is 1.60. The smallest absolute Gasteiger partial charge is 0.440 e. The van der Waals surface area contributed by atoms with E-state index >= 15 is 0 Å². The van der Waals surface area contributed by atoms with Gasteiger partial charge in [0.15, 0.2) is 0 Å². The zero-order valence-electron chi connectivity index (χ0n) is 5.81. The maximum atomic E-state index is 11.3. The second-order valence-corrected chi connectivity index (χ2v) is 1.61. The van der Waals surface area contributed by atoms with E-state index in [-0.39, 0.29) is 6.15 Å². The summed E-state index contributed by atoms with van der Waals surface area (Å²) in [6.07, 6.45) is -6.18. The summed E-state index contributed by atoms with van der Waals surface area (Å²) in [5.41, 5.74) is 4.75. The molecular weight excluding hydrogens is 165 g/mol. The molecule has 0 aromatic heterocycles. The van der Waals surface area contributed by atoms with Crippen LogP contribution >= 0.6 is 0 Å². The molecule has 0 heterocycles. The Hall–Kier alpha value is -0.820. The van der Waals surface area contributed by atoms with Gasteiger partial charge in [-0.05, 0) is 6.92 Å². The second-order valence-electron chi connectivity index (χ2n) is 1.61. The van der Waals surface area contributed by atoms with Crippen molar-refractivity contribution in [3.8, 4) is 0 Å². The van der Waals surface area contributed by atoms with E-state index in [1.54, 1.807) is 0 Å². The molecule has 0 aromatic rings. The van der Waals surface area contributed by atoms with Crippen LogP contribution in [0.4, 0.5) is 13.2 Å². The van der Waals surface area contributed by atoms with E-state index in [9.17, 15) is 18.0 Å². The van der Waals surface area contributed by atoms with Crippen molar-refractivity contribution in [3.05, 3.63) is 0 Å². The van der Waals surface area contributed by atoms with Crippen molar-refractivity contribution in [1.29, 1.82) is 0 Å². The van der Waals surface area contributed by atoms with E-state index in [1.165, 1.54) is 0 Å². The Morgan fingerprint density at radius 2 is 1.91 bits per heavy atom. The first kappa shape index (κ1) is 12.8. The van der Waals surface area contributed by atoms with Crippen LogP contribution in [0.5, 0.6) is 0 Å². The van der Waals surface area contributed by atoms with Crippen molar-refractivity contribution in [2.24, 2.45) is 5.73 Å². The molecule has 0 saturated heterocycles. The highest BCUT2D eigenvalue weighted by atomic mass is 19.4. The molecular formula is C4H9F3N2O2. The van der Waals surface area contributed by atoms with E-state index < -0.39 is 18.4 Å². The fraction of sp³-hybridized carbons (Fsp3) is 0.750. The summed E-state index contributed by atoms with van der Waals surface area (Å²) in [5, 5.41) is 0. The van der Waals surface area contributed by atoms with Crippen LogP contribution < -0.4 is 11.9 Å². The molecule has 0 rings (SSSR count). The molecule has 0 aliphatic heterocycles. The Bertz CT molecular complexity index is 134. The number of nitrogens with two attached hydrogens (primary N) is 1. The lowest BCUT2D eigenvalue weighted by Crippen LogP contribution is -2.32. The van der Waals surface area contributed by atoms with E-state index in [1.807, 2.05) is 0 Å². The van der Waals surface area contributed by atoms with Gasteiger partial charge in [-0.25, -0.2) is 4.79 Å². The molecule has 0 bridgehead atoms. The molecule has 11 heavy (non-hydrogen) atoms. The highest BCUT2D eigenvalue weighted by Gasteiger charge is 2.41. The summed E-state index contributed by atoms with van der Waals surface area (Å²) in [6.45, 7) is 1.13. The van der Waals surface area contributed by atoms with Crippen LogP contribution in [0.2, 0.25) is 0 Å². The number of ether oxygens (including phenoxy) is 1. The van der Waals surface area contributed by atoms with E-state index in [4.69, 9.17) is 5.73 Å². The SMILES string of the molecule is CC(N)OC(=O)C(F)(F)F.N. The molecule has 0 saturated carbocycles. The second kappa shape index (κ2) is 4.14. The van der Waals surface area contributed by atoms with Crippen LogP contribution in [0.15, 0.2) is 0 Å². The molecule has 1 atom stereocenters.